The van der Waals surface area contributed by atoms with Crippen molar-refractivity contribution in [1.29, 1.82) is 0 Å². The van der Waals surface area contributed by atoms with Gasteiger partial charge in [-0.25, -0.2) is 0 Å². The van der Waals surface area contributed by atoms with Crippen molar-refractivity contribution in [3.8, 4) is 0 Å². The minimum Gasteiger partial charge on any atom is -0.396 e. The molecule has 0 bridgehead atoms. The Labute approximate surface area is 69.2 Å². The highest BCUT2D eigenvalue weighted by atomic mass is 32.1. The molecule has 0 amide bonds. The fourth-order valence-corrected chi connectivity index (χ4v) is 2.12. The Kier molecular flexibility index (Phi) is 1.87. The summed E-state index contributed by atoms with van der Waals surface area (Å²) in [5.74, 6) is 0.423. The highest BCUT2D eigenvalue weighted by molar-refractivity contribution is 7.05. The predicted octanol–water partition coefficient (Wildman–Crippen LogP) is 0.635. The van der Waals surface area contributed by atoms with Crippen LogP contribution < -0.4 is 0 Å². The summed E-state index contributed by atoms with van der Waals surface area (Å²) in [4.78, 5) is 1.31. The third-order valence-electron chi connectivity index (χ3n) is 2.15. The van der Waals surface area contributed by atoms with Gasteiger partial charge in [0.2, 0.25) is 0 Å². The van der Waals surface area contributed by atoms with Gasteiger partial charge in [0.25, 0.3) is 0 Å². The summed E-state index contributed by atoms with van der Waals surface area (Å²) in [5.41, 5.74) is 1.11. The topological polar surface area (TPSA) is 46.0 Å². The van der Waals surface area contributed by atoms with Crippen LogP contribution in [0.25, 0.3) is 0 Å². The number of aliphatic hydroxyl groups excluding tert-OH is 1. The molecule has 1 aliphatic carbocycles. The van der Waals surface area contributed by atoms with Crippen molar-refractivity contribution in [1.82, 2.24) is 9.59 Å². The summed E-state index contributed by atoms with van der Waals surface area (Å²) in [6.45, 7) is 0.289. The van der Waals surface area contributed by atoms with Crippen molar-refractivity contribution < 1.29 is 5.11 Å². The zero-order valence-corrected chi connectivity index (χ0v) is 6.97. The molecule has 0 fully saturated rings. The van der Waals surface area contributed by atoms with Crippen LogP contribution in [-0.4, -0.2) is 21.3 Å². The summed E-state index contributed by atoms with van der Waals surface area (Å²) in [7, 11) is 0. The third kappa shape index (κ3) is 1.28. The van der Waals surface area contributed by atoms with E-state index < -0.39 is 0 Å². The predicted molar refractivity (Wildman–Crippen MR) is 42.5 cm³/mol. The Morgan fingerprint density at radius 2 is 2.55 bits per heavy atom. The maximum absolute atomic E-state index is 8.91. The maximum Gasteiger partial charge on any atom is 0.0791 e. The molecule has 3 nitrogen and oxygen atoms in total. The van der Waals surface area contributed by atoms with Crippen LogP contribution in [0.1, 0.15) is 17.0 Å². The molecule has 1 aromatic heterocycles. The number of fused-ring (bicyclic) bond motifs is 1. The number of rotatable bonds is 1. The number of hydrogen-bond acceptors (Lipinski definition) is 4. The van der Waals surface area contributed by atoms with E-state index in [4.69, 9.17) is 5.11 Å². The second-order valence-electron chi connectivity index (χ2n) is 2.93. The summed E-state index contributed by atoms with van der Waals surface area (Å²) in [6.07, 6.45) is 3.06. The SMILES string of the molecule is OCC1CCc2snnc2C1. The van der Waals surface area contributed by atoms with E-state index >= 15 is 0 Å². The minimum atomic E-state index is 0.289. The average Bonchev–Trinajstić information content (AvgIpc) is 2.50. The molecule has 4 heteroatoms. The van der Waals surface area contributed by atoms with E-state index in [1.807, 2.05) is 0 Å². The van der Waals surface area contributed by atoms with E-state index in [0.29, 0.717) is 5.92 Å². The lowest BCUT2D eigenvalue weighted by atomic mass is 9.92. The highest BCUT2D eigenvalue weighted by Crippen LogP contribution is 2.25. The Morgan fingerprint density at radius 1 is 1.64 bits per heavy atom. The van der Waals surface area contributed by atoms with Crippen LogP contribution >= 0.6 is 11.5 Å². The second-order valence-corrected chi connectivity index (χ2v) is 3.77. The van der Waals surface area contributed by atoms with Crippen molar-refractivity contribution in [3.63, 3.8) is 0 Å². The molecule has 0 saturated carbocycles. The summed E-state index contributed by atoms with van der Waals surface area (Å²) in [5, 5.41) is 12.9. The lowest BCUT2D eigenvalue weighted by Crippen LogP contribution is -2.16. The van der Waals surface area contributed by atoms with Gasteiger partial charge in [-0.15, -0.1) is 5.10 Å². The quantitative estimate of drug-likeness (QED) is 0.672. The fourth-order valence-electron chi connectivity index (χ4n) is 1.44. The molecule has 0 radical (unpaired) electrons. The van der Waals surface area contributed by atoms with Crippen LogP contribution in [0.2, 0.25) is 0 Å². The number of aliphatic hydroxyl groups is 1. The monoisotopic (exact) mass is 170 g/mol. The molecule has 1 atom stereocenters. The lowest BCUT2D eigenvalue weighted by molar-refractivity contribution is 0.212. The first kappa shape index (κ1) is 7.18. The van der Waals surface area contributed by atoms with E-state index in [1.54, 1.807) is 0 Å². The molecule has 0 spiro atoms. The van der Waals surface area contributed by atoms with Gasteiger partial charge < -0.3 is 5.11 Å². The normalized spacial score (nSPS) is 23.2. The molecule has 1 aromatic rings. The average molecular weight is 170 g/mol. The van der Waals surface area contributed by atoms with Gasteiger partial charge in [-0.1, -0.05) is 4.49 Å². The van der Waals surface area contributed by atoms with Crippen molar-refractivity contribution in [2.75, 3.05) is 6.61 Å². The molecule has 60 valence electrons. The molecular weight excluding hydrogens is 160 g/mol. The van der Waals surface area contributed by atoms with Crippen LogP contribution in [-0.2, 0) is 12.8 Å². The highest BCUT2D eigenvalue weighted by Gasteiger charge is 2.20. The Morgan fingerprint density at radius 3 is 3.36 bits per heavy atom. The van der Waals surface area contributed by atoms with Gasteiger partial charge in [0.05, 0.1) is 5.69 Å². The van der Waals surface area contributed by atoms with Gasteiger partial charge in [0, 0.05) is 11.5 Å². The zero-order chi connectivity index (χ0) is 7.68. The van der Waals surface area contributed by atoms with Gasteiger partial charge in [-0.3, -0.25) is 0 Å². The van der Waals surface area contributed by atoms with Crippen molar-refractivity contribution >= 4 is 11.5 Å². The Hall–Kier alpha value is -0.480. The van der Waals surface area contributed by atoms with Crippen molar-refractivity contribution in [2.45, 2.75) is 19.3 Å². The molecule has 2 rings (SSSR count). The van der Waals surface area contributed by atoms with Crippen molar-refractivity contribution in [3.05, 3.63) is 10.6 Å². The number of aryl methyl sites for hydroxylation is 1. The van der Waals surface area contributed by atoms with E-state index in [1.165, 1.54) is 16.4 Å². The van der Waals surface area contributed by atoms with Gasteiger partial charge >= 0.3 is 0 Å². The van der Waals surface area contributed by atoms with E-state index in [0.717, 1.165) is 25.0 Å². The number of aromatic nitrogens is 2. The largest absolute Gasteiger partial charge is 0.396 e. The summed E-state index contributed by atoms with van der Waals surface area (Å²) >= 11 is 1.50. The van der Waals surface area contributed by atoms with Gasteiger partial charge in [0.15, 0.2) is 0 Å². The fraction of sp³-hybridized carbons (Fsp3) is 0.714. The van der Waals surface area contributed by atoms with E-state index in [-0.39, 0.29) is 6.61 Å². The standard InChI is InChI=1S/C7H10N2OS/c10-4-5-1-2-7-6(3-5)8-9-11-7/h5,10H,1-4H2. The molecule has 0 saturated heterocycles. The number of hydrogen-bond donors (Lipinski definition) is 1. The van der Waals surface area contributed by atoms with Crippen LogP contribution in [0, 0.1) is 5.92 Å². The maximum atomic E-state index is 8.91. The Balaban J connectivity index is 2.18. The molecule has 1 N–H and O–H groups in total. The Bertz CT molecular complexity index is 248. The van der Waals surface area contributed by atoms with Gasteiger partial charge in [-0.05, 0) is 36.7 Å². The smallest absolute Gasteiger partial charge is 0.0791 e. The molecule has 1 heterocycles. The number of nitrogens with zero attached hydrogens (tertiary/aromatic N) is 2. The molecule has 1 unspecified atom stereocenters. The van der Waals surface area contributed by atoms with Crippen LogP contribution in [0.3, 0.4) is 0 Å². The first-order chi connectivity index (χ1) is 5.40. The summed E-state index contributed by atoms with van der Waals surface area (Å²) in [6, 6.07) is 0. The second kappa shape index (κ2) is 2.87. The zero-order valence-electron chi connectivity index (χ0n) is 6.16. The molecule has 0 aliphatic heterocycles. The molecule has 0 aromatic carbocycles. The van der Waals surface area contributed by atoms with Gasteiger partial charge in [-0.2, -0.15) is 0 Å². The van der Waals surface area contributed by atoms with Crippen LogP contribution in [0.4, 0.5) is 0 Å². The first-order valence-corrected chi connectivity index (χ1v) is 4.58. The van der Waals surface area contributed by atoms with E-state index in [9.17, 15) is 0 Å². The first-order valence-electron chi connectivity index (χ1n) is 3.81. The molecular formula is C7H10N2OS. The molecule has 1 aliphatic rings. The molecule has 11 heavy (non-hydrogen) atoms. The third-order valence-corrected chi connectivity index (χ3v) is 2.98. The van der Waals surface area contributed by atoms with Gasteiger partial charge in [0.1, 0.15) is 0 Å². The van der Waals surface area contributed by atoms with Crippen LogP contribution in [0.5, 0.6) is 0 Å². The van der Waals surface area contributed by atoms with E-state index in [2.05, 4.69) is 9.59 Å². The van der Waals surface area contributed by atoms with Crippen molar-refractivity contribution in [2.24, 2.45) is 5.92 Å². The minimum absolute atomic E-state index is 0.289. The van der Waals surface area contributed by atoms with Crippen LogP contribution in [0.15, 0.2) is 0 Å². The lowest BCUT2D eigenvalue weighted by Gasteiger charge is -2.17. The summed E-state index contributed by atoms with van der Waals surface area (Å²) < 4.78 is 3.88.